The molecule has 0 aromatic carbocycles. The largest absolute Gasteiger partial charge is 0.465 e. The van der Waals surface area contributed by atoms with E-state index in [2.05, 4.69) is 25.8 Å². The molecule has 0 aliphatic rings. The van der Waals surface area contributed by atoms with Crippen molar-refractivity contribution in [2.45, 2.75) is 142 Å². The Hall–Kier alpha value is -0.650. The summed E-state index contributed by atoms with van der Waals surface area (Å²) in [5.74, 6) is 0.0946. The van der Waals surface area contributed by atoms with Gasteiger partial charge in [0.05, 0.1) is 12.5 Å². The predicted molar refractivity (Wildman–Crippen MR) is 144 cm³/mol. The van der Waals surface area contributed by atoms with Crippen molar-refractivity contribution in [1.29, 1.82) is 0 Å². The van der Waals surface area contributed by atoms with Crippen molar-refractivity contribution >= 4 is 5.97 Å². The van der Waals surface area contributed by atoms with Crippen LogP contribution < -0.4 is 0 Å². The number of unbranched alkanes of at least 4 members (excludes halogenated alkanes) is 14. The van der Waals surface area contributed by atoms with E-state index in [1.807, 2.05) is 0 Å². The van der Waals surface area contributed by atoms with Crippen molar-refractivity contribution in [2.75, 3.05) is 33.4 Å². The SMILES string of the molecule is CC(C)N(C)CCCOC(=O)C(CCCCCCCCCCO)CCCCCCCCCCO. The first-order chi connectivity index (χ1) is 16.5. The van der Waals surface area contributed by atoms with E-state index in [0.29, 0.717) is 25.9 Å². The summed E-state index contributed by atoms with van der Waals surface area (Å²) in [5, 5.41) is 17.7. The van der Waals surface area contributed by atoms with Gasteiger partial charge in [0.1, 0.15) is 0 Å². The molecule has 0 unspecified atom stereocenters. The molecular weight excluding hydrogens is 426 g/mol. The summed E-state index contributed by atoms with van der Waals surface area (Å²) < 4.78 is 5.69. The minimum absolute atomic E-state index is 0.0280. The predicted octanol–water partition coefficient (Wildman–Crippen LogP) is 6.88. The topological polar surface area (TPSA) is 70.0 Å². The molecule has 0 radical (unpaired) electrons. The first-order valence-electron chi connectivity index (χ1n) is 14.6. The molecule has 0 fully saturated rings. The quantitative estimate of drug-likeness (QED) is 0.103. The highest BCUT2D eigenvalue weighted by molar-refractivity contribution is 5.72. The maximum absolute atomic E-state index is 12.8. The Bertz CT molecular complexity index is 408. The van der Waals surface area contributed by atoms with Crippen molar-refractivity contribution in [3.63, 3.8) is 0 Å². The van der Waals surface area contributed by atoms with Gasteiger partial charge in [0.15, 0.2) is 0 Å². The van der Waals surface area contributed by atoms with Gasteiger partial charge in [-0.15, -0.1) is 0 Å². The van der Waals surface area contributed by atoms with Crippen LogP contribution in [0.15, 0.2) is 0 Å². The van der Waals surface area contributed by atoms with E-state index in [4.69, 9.17) is 14.9 Å². The van der Waals surface area contributed by atoms with Crippen LogP contribution in [0.2, 0.25) is 0 Å². The molecular formula is C29H59NO4. The van der Waals surface area contributed by atoms with Crippen LogP contribution in [0.1, 0.15) is 136 Å². The van der Waals surface area contributed by atoms with E-state index in [9.17, 15) is 4.79 Å². The summed E-state index contributed by atoms with van der Waals surface area (Å²) in [6.07, 6.45) is 21.6. The summed E-state index contributed by atoms with van der Waals surface area (Å²) in [7, 11) is 2.12. The number of aliphatic hydroxyl groups excluding tert-OH is 2. The Morgan fingerprint density at radius 2 is 1.03 bits per heavy atom. The zero-order valence-electron chi connectivity index (χ0n) is 23.1. The zero-order valence-corrected chi connectivity index (χ0v) is 23.1. The molecule has 0 rings (SSSR count). The van der Waals surface area contributed by atoms with Crippen LogP contribution in [-0.2, 0) is 9.53 Å². The molecule has 204 valence electrons. The molecule has 5 nitrogen and oxygen atoms in total. The molecule has 0 heterocycles. The van der Waals surface area contributed by atoms with E-state index in [1.54, 1.807) is 0 Å². The zero-order chi connectivity index (χ0) is 25.3. The van der Waals surface area contributed by atoms with Gasteiger partial charge in [0, 0.05) is 25.8 Å². The lowest BCUT2D eigenvalue weighted by Gasteiger charge is -2.21. The number of aliphatic hydroxyl groups is 2. The summed E-state index contributed by atoms with van der Waals surface area (Å²) in [4.78, 5) is 15.1. The molecule has 34 heavy (non-hydrogen) atoms. The molecule has 5 heteroatoms. The Morgan fingerprint density at radius 1 is 0.647 bits per heavy atom. The van der Waals surface area contributed by atoms with Crippen molar-refractivity contribution in [3.8, 4) is 0 Å². The van der Waals surface area contributed by atoms with E-state index in [1.165, 1.54) is 64.2 Å². The van der Waals surface area contributed by atoms with Gasteiger partial charge in [-0.3, -0.25) is 4.79 Å². The van der Waals surface area contributed by atoms with Gasteiger partial charge in [-0.2, -0.15) is 0 Å². The molecule has 0 aromatic heterocycles. The fourth-order valence-corrected chi connectivity index (χ4v) is 4.37. The molecule has 0 amide bonds. The van der Waals surface area contributed by atoms with E-state index < -0.39 is 0 Å². The van der Waals surface area contributed by atoms with Crippen LogP contribution in [0.25, 0.3) is 0 Å². The van der Waals surface area contributed by atoms with Crippen LogP contribution in [0, 0.1) is 5.92 Å². The van der Waals surface area contributed by atoms with Gasteiger partial charge >= 0.3 is 5.97 Å². The number of ether oxygens (including phenoxy) is 1. The number of carbonyl (C=O) groups is 1. The first-order valence-corrected chi connectivity index (χ1v) is 14.6. The van der Waals surface area contributed by atoms with Crippen molar-refractivity contribution in [1.82, 2.24) is 4.90 Å². The number of esters is 1. The summed E-state index contributed by atoms with van der Waals surface area (Å²) in [5.41, 5.74) is 0. The standard InChI is InChI=1S/C29H59NO4/c1-27(2)30(3)23-20-26-34-29(33)28(21-16-12-8-4-6-10-14-18-24-31)22-17-13-9-5-7-11-15-19-25-32/h27-28,31-32H,4-26H2,1-3H3. The number of rotatable bonds is 26. The number of nitrogens with zero attached hydrogens (tertiary/aromatic N) is 1. The van der Waals surface area contributed by atoms with Gasteiger partial charge in [-0.1, -0.05) is 89.9 Å². The first kappa shape index (κ1) is 33.4. The molecule has 0 aliphatic carbocycles. The van der Waals surface area contributed by atoms with Crippen molar-refractivity contribution < 1.29 is 19.7 Å². The van der Waals surface area contributed by atoms with Crippen LogP contribution in [-0.4, -0.2) is 60.5 Å². The van der Waals surface area contributed by atoms with Crippen LogP contribution >= 0.6 is 0 Å². The number of hydrogen-bond donors (Lipinski definition) is 2. The van der Waals surface area contributed by atoms with Gasteiger partial charge in [0.25, 0.3) is 0 Å². The molecule has 0 spiro atoms. The summed E-state index contributed by atoms with van der Waals surface area (Å²) >= 11 is 0. The molecule has 0 aliphatic heterocycles. The lowest BCUT2D eigenvalue weighted by Crippen LogP contribution is -2.28. The maximum atomic E-state index is 12.8. The van der Waals surface area contributed by atoms with Crippen LogP contribution in [0.3, 0.4) is 0 Å². The number of hydrogen-bond acceptors (Lipinski definition) is 5. The van der Waals surface area contributed by atoms with Gasteiger partial charge in [0.2, 0.25) is 0 Å². The van der Waals surface area contributed by atoms with E-state index in [-0.39, 0.29) is 11.9 Å². The maximum Gasteiger partial charge on any atom is 0.308 e. The average Bonchev–Trinajstić information content (AvgIpc) is 2.82. The highest BCUT2D eigenvalue weighted by atomic mass is 16.5. The Labute approximate surface area is 212 Å². The summed E-state index contributed by atoms with van der Waals surface area (Å²) in [6.45, 7) is 6.51. The van der Waals surface area contributed by atoms with Crippen molar-refractivity contribution in [2.24, 2.45) is 5.92 Å². The highest BCUT2D eigenvalue weighted by Crippen LogP contribution is 2.21. The van der Waals surface area contributed by atoms with Gasteiger partial charge < -0.3 is 19.8 Å². The molecule has 0 saturated carbocycles. The molecule has 0 saturated heterocycles. The Kier molecular flexibility index (Phi) is 25.0. The third-order valence-electron chi connectivity index (χ3n) is 7.04. The smallest absolute Gasteiger partial charge is 0.308 e. The Morgan fingerprint density at radius 3 is 1.41 bits per heavy atom. The lowest BCUT2D eigenvalue weighted by molar-refractivity contribution is -0.149. The highest BCUT2D eigenvalue weighted by Gasteiger charge is 2.19. The minimum Gasteiger partial charge on any atom is -0.465 e. The third kappa shape index (κ3) is 21.9. The van der Waals surface area contributed by atoms with Gasteiger partial charge in [-0.25, -0.2) is 0 Å². The second-order valence-electron chi connectivity index (χ2n) is 10.5. The van der Waals surface area contributed by atoms with Crippen molar-refractivity contribution in [3.05, 3.63) is 0 Å². The van der Waals surface area contributed by atoms with Crippen LogP contribution in [0.4, 0.5) is 0 Å². The molecule has 0 atom stereocenters. The van der Waals surface area contributed by atoms with E-state index >= 15 is 0 Å². The molecule has 0 aromatic rings. The normalized spacial score (nSPS) is 11.8. The lowest BCUT2D eigenvalue weighted by atomic mass is 9.94. The summed E-state index contributed by atoms with van der Waals surface area (Å²) in [6, 6.07) is 0.521. The fourth-order valence-electron chi connectivity index (χ4n) is 4.37. The van der Waals surface area contributed by atoms with E-state index in [0.717, 1.165) is 64.3 Å². The monoisotopic (exact) mass is 485 g/mol. The average molecular weight is 486 g/mol. The number of carbonyl (C=O) groups excluding carboxylic acids is 1. The molecule has 2 N–H and O–H groups in total. The second kappa shape index (κ2) is 25.4. The van der Waals surface area contributed by atoms with Gasteiger partial charge in [-0.05, 0) is 53.0 Å². The van der Waals surface area contributed by atoms with Crippen LogP contribution in [0.5, 0.6) is 0 Å². The fraction of sp³-hybridized carbons (Fsp3) is 0.966. The third-order valence-corrected chi connectivity index (χ3v) is 7.04. The minimum atomic E-state index is 0.0280. The molecule has 0 bridgehead atoms. The Balaban J connectivity index is 4.13. The second-order valence-corrected chi connectivity index (χ2v) is 10.5.